The maximum atomic E-state index is 4.24. The molecule has 0 bridgehead atoms. The van der Waals surface area contributed by atoms with Crippen molar-refractivity contribution in [3.63, 3.8) is 0 Å². The second kappa shape index (κ2) is 6.57. The summed E-state index contributed by atoms with van der Waals surface area (Å²) in [6, 6.07) is 7.97. The van der Waals surface area contributed by atoms with Crippen LogP contribution in [0.15, 0.2) is 40.8 Å². The van der Waals surface area contributed by atoms with Crippen LogP contribution in [0.25, 0.3) is 5.65 Å². The summed E-state index contributed by atoms with van der Waals surface area (Å²) in [4.78, 5) is 5.55. The highest BCUT2D eigenvalue weighted by molar-refractivity contribution is 7.10. The number of aliphatic imine (C=N–C) groups is 1. The van der Waals surface area contributed by atoms with Crippen LogP contribution < -0.4 is 10.6 Å². The van der Waals surface area contributed by atoms with E-state index in [9.17, 15) is 0 Å². The van der Waals surface area contributed by atoms with E-state index in [0.29, 0.717) is 6.54 Å². The first-order valence-corrected chi connectivity index (χ1v) is 7.92. The Morgan fingerprint density at radius 1 is 1.23 bits per heavy atom. The van der Waals surface area contributed by atoms with E-state index in [1.807, 2.05) is 28.8 Å². The number of aromatic nitrogens is 3. The van der Waals surface area contributed by atoms with Gasteiger partial charge in [-0.05, 0) is 36.1 Å². The fraction of sp³-hybridized carbons (Fsp3) is 0.267. The van der Waals surface area contributed by atoms with Gasteiger partial charge in [-0.25, -0.2) is 0 Å². The van der Waals surface area contributed by atoms with Gasteiger partial charge < -0.3 is 10.6 Å². The number of hydrogen-bond donors (Lipinski definition) is 2. The molecule has 0 saturated carbocycles. The number of rotatable bonds is 4. The Labute approximate surface area is 132 Å². The van der Waals surface area contributed by atoms with Gasteiger partial charge in [0.05, 0.1) is 13.1 Å². The summed E-state index contributed by atoms with van der Waals surface area (Å²) >= 11 is 1.75. The van der Waals surface area contributed by atoms with Crippen LogP contribution in [0.3, 0.4) is 0 Å². The summed E-state index contributed by atoms with van der Waals surface area (Å²) in [5.74, 6) is 1.60. The monoisotopic (exact) mass is 314 g/mol. The van der Waals surface area contributed by atoms with E-state index in [1.165, 1.54) is 10.4 Å². The number of hydrogen-bond acceptors (Lipinski definition) is 4. The minimum Gasteiger partial charge on any atom is -0.352 e. The highest BCUT2D eigenvalue weighted by Crippen LogP contribution is 2.14. The average Bonchev–Trinajstić information content (AvgIpc) is 3.14. The van der Waals surface area contributed by atoms with E-state index in [1.54, 1.807) is 18.4 Å². The van der Waals surface area contributed by atoms with Crippen molar-refractivity contribution in [1.82, 2.24) is 25.2 Å². The SMILES string of the molecule is CN=C(NCc1sccc1C)NCc1nnc2ccccn12. The van der Waals surface area contributed by atoms with Crippen molar-refractivity contribution in [1.29, 1.82) is 0 Å². The number of fused-ring (bicyclic) bond motifs is 1. The molecule has 0 saturated heterocycles. The fourth-order valence-corrected chi connectivity index (χ4v) is 2.99. The third-order valence-corrected chi connectivity index (χ3v) is 4.43. The lowest BCUT2D eigenvalue weighted by molar-refractivity contribution is 0.764. The molecule has 0 aliphatic rings. The Morgan fingerprint density at radius 3 is 2.86 bits per heavy atom. The summed E-state index contributed by atoms with van der Waals surface area (Å²) in [6.07, 6.45) is 1.96. The number of aryl methyl sites for hydroxylation is 1. The van der Waals surface area contributed by atoms with Crippen molar-refractivity contribution in [3.05, 3.63) is 52.1 Å². The molecular weight excluding hydrogens is 296 g/mol. The van der Waals surface area contributed by atoms with Crippen molar-refractivity contribution in [3.8, 4) is 0 Å². The zero-order valence-electron chi connectivity index (χ0n) is 12.6. The predicted molar refractivity (Wildman–Crippen MR) is 89.1 cm³/mol. The van der Waals surface area contributed by atoms with E-state index in [-0.39, 0.29) is 0 Å². The van der Waals surface area contributed by atoms with Crippen LogP contribution >= 0.6 is 11.3 Å². The molecule has 3 rings (SSSR count). The standard InChI is InChI=1S/C15H18N6S/c1-11-6-8-22-12(11)9-17-15(16-2)18-10-14-20-19-13-5-3-4-7-21(13)14/h3-8H,9-10H2,1-2H3,(H2,16,17,18). The first-order chi connectivity index (χ1) is 10.8. The molecule has 0 aliphatic heterocycles. The first-order valence-electron chi connectivity index (χ1n) is 7.04. The zero-order valence-corrected chi connectivity index (χ0v) is 13.4. The van der Waals surface area contributed by atoms with Gasteiger partial charge in [-0.15, -0.1) is 21.5 Å². The lowest BCUT2D eigenvalue weighted by atomic mass is 10.3. The van der Waals surface area contributed by atoms with Crippen LogP contribution in [-0.4, -0.2) is 27.6 Å². The smallest absolute Gasteiger partial charge is 0.191 e. The molecule has 0 spiro atoms. The van der Waals surface area contributed by atoms with Gasteiger partial charge in [-0.1, -0.05) is 6.07 Å². The molecule has 0 atom stereocenters. The lowest BCUT2D eigenvalue weighted by Crippen LogP contribution is -2.36. The molecule has 0 aliphatic carbocycles. The summed E-state index contributed by atoms with van der Waals surface area (Å²) in [5, 5.41) is 17.0. The van der Waals surface area contributed by atoms with Crippen LogP contribution in [0.2, 0.25) is 0 Å². The van der Waals surface area contributed by atoms with Gasteiger partial charge >= 0.3 is 0 Å². The Kier molecular flexibility index (Phi) is 4.34. The van der Waals surface area contributed by atoms with Gasteiger partial charge in [0, 0.05) is 18.1 Å². The molecule has 3 aromatic rings. The highest BCUT2D eigenvalue weighted by Gasteiger charge is 2.06. The summed E-state index contributed by atoms with van der Waals surface area (Å²) in [5.41, 5.74) is 2.15. The number of guanidine groups is 1. The second-order valence-electron chi connectivity index (χ2n) is 4.85. The lowest BCUT2D eigenvalue weighted by Gasteiger charge is -2.11. The number of nitrogens with one attached hydrogen (secondary N) is 2. The maximum Gasteiger partial charge on any atom is 0.191 e. The molecule has 0 radical (unpaired) electrons. The van der Waals surface area contributed by atoms with E-state index in [2.05, 4.69) is 44.2 Å². The quantitative estimate of drug-likeness (QED) is 0.571. The maximum absolute atomic E-state index is 4.24. The van der Waals surface area contributed by atoms with E-state index >= 15 is 0 Å². The molecule has 2 N–H and O–H groups in total. The predicted octanol–water partition coefficient (Wildman–Crippen LogP) is 1.96. The Balaban J connectivity index is 1.60. The molecule has 3 heterocycles. The van der Waals surface area contributed by atoms with Crippen LogP contribution in [0.4, 0.5) is 0 Å². The Morgan fingerprint density at radius 2 is 2.09 bits per heavy atom. The summed E-state index contributed by atoms with van der Waals surface area (Å²) in [7, 11) is 1.76. The number of nitrogens with zero attached hydrogens (tertiary/aromatic N) is 4. The van der Waals surface area contributed by atoms with Crippen molar-refractivity contribution in [2.45, 2.75) is 20.0 Å². The van der Waals surface area contributed by atoms with E-state index < -0.39 is 0 Å². The highest BCUT2D eigenvalue weighted by atomic mass is 32.1. The molecule has 7 heteroatoms. The van der Waals surface area contributed by atoms with Crippen molar-refractivity contribution >= 4 is 22.9 Å². The summed E-state index contributed by atoms with van der Waals surface area (Å²) in [6.45, 7) is 3.45. The third-order valence-electron chi connectivity index (χ3n) is 3.41. The van der Waals surface area contributed by atoms with Crippen LogP contribution in [0.5, 0.6) is 0 Å². The van der Waals surface area contributed by atoms with Gasteiger partial charge in [0.1, 0.15) is 0 Å². The van der Waals surface area contributed by atoms with Gasteiger partial charge in [-0.2, -0.15) is 0 Å². The molecule has 0 unspecified atom stereocenters. The Bertz CT molecular complexity index is 788. The van der Waals surface area contributed by atoms with Crippen molar-refractivity contribution in [2.75, 3.05) is 7.05 Å². The van der Waals surface area contributed by atoms with Crippen molar-refractivity contribution in [2.24, 2.45) is 4.99 Å². The molecule has 3 aromatic heterocycles. The first kappa shape index (κ1) is 14.5. The van der Waals surface area contributed by atoms with Crippen LogP contribution in [0, 0.1) is 6.92 Å². The molecular formula is C15H18N6S. The largest absolute Gasteiger partial charge is 0.352 e. The van der Waals surface area contributed by atoms with Gasteiger partial charge in [0.25, 0.3) is 0 Å². The Hall–Kier alpha value is -2.41. The van der Waals surface area contributed by atoms with Crippen molar-refractivity contribution < 1.29 is 0 Å². The fourth-order valence-electron chi connectivity index (χ4n) is 2.14. The molecule has 6 nitrogen and oxygen atoms in total. The van der Waals surface area contributed by atoms with E-state index in [4.69, 9.17) is 0 Å². The normalized spacial score (nSPS) is 11.8. The molecule has 0 amide bonds. The minimum atomic E-state index is 0.564. The minimum absolute atomic E-state index is 0.564. The summed E-state index contributed by atoms with van der Waals surface area (Å²) < 4.78 is 1.96. The number of thiophene rings is 1. The topological polar surface area (TPSA) is 66.6 Å². The number of pyridine rings is 1. The third kappa shape index (κ3) is 3.09. The zero-order chi connectivity index (χ0) is 15.4. The van der Waals surface area contributed by atoms with Crippen LogP contribution in [0.1, 0.15) is 16.3 Å². The average molecular weight is 314 g/mol. The van der Waals surface area contributed by atoms with Gasteiger partial charge in [0.15, 0.2) is 17.4 Å². The molecule has 0 aromatic carbocycles. The van der Waals surface area contributed by atoms with Crippen LogP contribution in [-0.2, 0) is 13.1 Å². The van der Waals surface area contributed by atoms with Gasteiger partial charge in [0.2, 0.25) is 0 Å². The molecule has 22 heavy (non-hydrogen) atoms. The van der Waals surface area contributed by atoms with E-state index in [0.717, 1.165) is 24.0 Å². The molecule has 114 valence electrons. The molecule has 0 fully saturated rings. The van der Waals surface area contributed by atoms with Gasteiger partial charge in [-0.3, -0.25) is 9.39 Å². The second-order valence-corrected chi connectivity index (χ2v) is 5.85.